The van der Waals surface area contributed by atoms with E-state index in [0.717, 1.165) is 28.5 Å². The third-order valence-electron chi connectivity index (χ3n) is 6.26. The first kappa shape index (κ1) is 26.7. The molecule has 0 spiro atoms. The zero-order valence-corrected chi connectivity index (χ0v) is 21.3. The van der Waals surface area contributed by atoms with E-state index in [0.29, 0.717) is 6.54 Å². The van der Waals surface area contributed by atoms with Crippen LogP contribution in [0.5, 0.6) is 0 Å². The molecule has 0 aliphatic heterocycles. The van der Waals surface area contributed by atoms with Crippen LogP contribution in [-0.4, -0.2) is 47.1 Å². The SMILES string of the molecule is CC[C@H](C)CNP(=O)(O)[C@@H](Cc1ccccc1)C(=O)N[C@@H](Cc1c[nH]c2ccccc12)C(=O)OC. The third kappa shape index (κ3) is 7.04. The van der Waals surface area contributed by atoms with Gasteiger partial charge in [0.1, 0.15) is 11.7 Å². The van der Waals surface area contributed by atoms with Crippen LogP contribution in [0, 0.1) is 5.92 Å². The number of rotatable bonds is 12. The maximum atomic E-state index is 13.4. The summed E-state index contributed by atoms with van der Waals surface area (Å²) in [6.07, 6.45) is 2.85. The number of hydrogen-bond donors (Lipinski definition) is 4. The Balaban J connectivity index is 1.85. The van der Waals surface area contributed by atoms with Gasteiger partial charge in [-0.15, -0.1) is 0 Å². The number of carbonyl (C=O) groups excluding carboxylic acids is 2. The Labute approximate surface area is 206 Å². The molecule has 3 rings (SSSR count). The number of benzene rings is 2. The molecule has 8 nitrogen and oxygen atoms in total. The van der Waals surface area contributed by atoms with Crippen molar-refractivity contribution in [3.8, 4) is 0 Å². The predicted octanol–water partition coefficient (Wildman–Crippen LogP) is 3.80. The van der Waals surface area contributed by atoms with Crippen LogP contribution in [-0.2, 0) is 31.7 Å². The fourth-order valence-corrected chi connectivity index (χ4v) is 5.52. The maximum Gasteiger partial charge on any atom is 0.328 e. The normalized spacial score (nSPS) is 15.7. The number of para-hydroxylation sites is 1. The van der Waals surface area contributed by atoms with Crippen molar-refractivity contribution in [1.82, 2.24) is 15.4 Å². The summed E-state index contributed by atoms with van der Waals surface area (Å²) in [5.41, 5.74) is 1.22. The molecule has 1 amide bonds. The van der Waals surface area contributed by atoms with Crippen LogP contribution in [0.1, 0.15) is 31.4 Å². The highest BCUT2D eigenvalue weighted by Crippen LogP contribution is 2.43. The Hall–Kier alpha value is -2.93. The summed E-state index contributed by atoms with van der Waals surface area (Å²) in [4.78, 5) is 40.1. The lowest BCUT2D eigenvalue weighted by Crippen LogP contribution is -2.48. The molecule has 0 radical (unpaired) electrons. The van der Waals surface area contributed by atoms with Gasteiger partial charge in [0.05, 0.1) is 7.11 Å². The Morgan fingerprint density at radius 1 is 1.09 bits per heavy atom. The van der Waals surface area contributed by atoms with Gasteiger partial charge in [-0.3, -0.25) is 9.36 Å². The van der Waals surface area contributed by atoms with Crippen molar-refractivity contribution < 1.29 is 23.8 Å². The first-order valence-corrected chi connectivity index (χ1v) is 13.5. The average Bonchev–Trinajstić information content (AvgIpc) is 3.28. The Morgan fingerprint density at radius 3 is 2.46 bits per heavy atom. The molecule has 4 atom stereocenters. The molecule has 2 aromatic carbocycles. The molecule has 0 bridgehead atoms. The molecular weight excluding hydrogens is 465 g/mol. The molecule has 1 unspecified atom stereocenters. The Bertz CT molecular complexity index is 1180. The molecule has 0 fully saturated rings. The Kier molecular flexibility index (Phi) is 9.26. The highest BCUT2D eigenvalue weighted by Gasteiger charge is 2.39. The molecule has 1 aromatic heterocycles. The second kappa shape index (κ2) is 12.2. The van der Waals surface area contributed by atoms with Gasteiger partial charge in [-0.05, 0) is 29.5 Å². The molecule has 4 N–H and O–H groups in total. The number of fused-ring (bicyclic) bond motifs is 1. The van der Waals surface area contributed by atoms with E-state index < -0.39 is 31.1 Å². The lowest BCUT2D eigenvalue weighted by molar-refractivity contribution is -0.145. The number of nitrogens with one attached hydrogen (secondary N) is 3. The van der Waals surface area contributed by atoms with Gasteiger partial charge in [0.25, 0.3) is 7.52 Å². The number of esters is 1. The number of methoxy groups -OCH3 is 1. The Morgan fingerprint density at radius 2 is 1.77 bits per heavy atom. The van der Waals surface area contributed by atoms with Gasteiger partial charge in [0.15, 0.2) is 0 Å². The van der Waals surface area contributed by atoms with Gasteiger partial charge in [-0.25, -0.2) is 9.88 Å². The summed E-state index contributed by atoms with van der Waals surface area (Å²) in [5.74, 6) is -1.13. The highest BCUT2D eigenvalue weighted by molar-refractivity contribution is 7.57. The number of ether oxygens (including phenoxy) is 1. The molecule has 9 heteroatoms. The minimum atomic E-state index is -4.12. The van der Waals surface area contributed by atoms with Crippen molar-refractivity contribution in [2.24, 2.45) is 5.92 Å². The maximum absolute atomic E-state index is 13.4. The summed E-state index contributed by atoms with van der Waals surface area (Å²) in [6, 6.07) is 15.7. The minimum Gasteiger partial charge on any atom is -0.467 e. The van der Waals surface area contributed by atoms with Crippen LogP contribution in [0.15, 0.2) is 60.8 Å². The van der Waals surface area contributed by atoms with Crippen molar-refractivity contribution >= 4 is 30.3 Å². The summed E-state index contributed by atoms with van der Waals surface area (Å²) in [6.45, 7) is 4.26. The molecule has 0 saturated heterocycles. The third-order valence-corrected chi connectivity index (χ3v) is 8.16. The molecule has 188 valence electrons. The van der Waals surface area contributed by atoms with Crippen LogP contribution in [0.4, 0.5) is 0 Å². The quantitative estimate of drug-likeness (QED) is 0.222. The zero-order valence-electron chi connectivity index (χ0n) is 20.4. The molecule has 3 aromatic rings. The summed E-state index contributed by atoms with van der Waals surface area (Å²) in [7, 11) is -2.86. The fourth-order valence-electron chi connectivity index (χ4n) is 3.88. The second-order valence-electron chi connectivity index (χ2n) is 8.85. The van der Waals surface area contributed by atoms with E-state index in [9.17, 15) is 19.0 Å². The summed E-state index contributed by atoms with van der Waals surface area (Å²) < 4.78 is 18.3. The largest absolute Gasteiger partial charge is 0.467 e. The number of aromatic amines is 1. The van der Waals surface area contributed by atoms with Gasteiger partial charge in [-0.2, -0.15) is 0 Å². The molecule has 0 aliphatic carbocycles. The molecule has 0 aliphatic rings. The number of hydrogen-bond acceptors (Lipinski definition) is 4. The fraction of sp³-hybridized carbons (Fsp3) is 0.385. The van der Waals surface area contributed by atoms with Crippen molar-refractivity contribution in [1.29, 1.82) is 0 Å². The highest BCUT2D eigenvalue weighted by atomic mass is 31.2. The first-order valence-electron chi connectivity index (χ1n) is 11.8. The van der Waals surface area contributed by atoms with E-state index in [4.69, 9.17) is 4.74 Å². The van der Waals surface area contributed by atoms with E-state index in [1.54, 1.807) is 18.3 Å². The molecule has 1 heterocycles. The lowest BCUT2D eigenvalue weighted by atomic mass is 10.0. The van der Waals surface area contributed by atoms with Crippen LogP contribution < -0.4 is 10.4 Å². The molecular formula is C26H34N3O5P. The van der Waals surface area contributed by atoms with Crippen LogP contribution >= 0.6 is 7.52 Å². The van der Waals surface area contributed by atoms with Crippen molar-refractivity contribution in [3.63, 3.8) is 0 Å². The smallest absolute Gasteiger partial charge is 0.328 e. The lowest BCUT2D eigenvalue weighted by Gasteiger charge is -2.26. The van der Waals surface area contributed by atoms with Crippen molar-refractivity contribution in [3.05, 3.63) is 71.9 Å². The van der Waals surface area contributed by atoms with E-state index >= 15 is 0 Å². The summed E-state index contributed by atoms with van der Waals surface area (Å²) >= 11 is 0. The van der Waals surface area contributed by atoms with Crippen LogP contribution in [0.2, 0.25) is 0 Å². The van der Waals surface area contributed by atoms with Crippen molar-refractivity contribution in [2.75, 3.05) is 13.7 Å². The van der Waals surface area contributed by atoms with E-state index in [-0.39, 0.29) is 18.8 Å². The van der Waals surface area contributed by atoms with Crippen LogP contribution in [0.3, 0.4) is 0 Å². The topological polar surface area (TPSA) is 121 Å². The number of aromatic nitrogens is 1. The van der Waals surface area contributed by atoms with Gasteiger partial charge in [-0.1, -0.05) is 68.8 Å². The van der Waals surface area contributed by atoms with Gasteiger partial charge >= 0.3 is 5.97 Å². The monoisotopic (exact) mass is 499 g/mol. The molecule has 35 heavy (non-hydrogen) atoms. The van der Waals surface area contributed by atoms with Crippen molar-refractivity contribution in [2.45, 2.75) is 44.8 Å². The average molecular weight is 500 g/mol. The molecule has 0 saturated carbocycles. The standard InChI is InChI=1S/C26H34N3O5P/c1-4-18(2)16-28-35(32,33)24(14-19-10-6-5-7-11-19)25(30)29-23(26(31)34-3)15-20-17-27-22-13-9-8-12-21(20)22/h5-13,17-18,23-24,27H,4,14-16H2,1-3H3,(H,29,30)(H2,28,32,33)/t18-,23-,24-/m0/s1. The predicted molar refractivity (Wildman–Crippen MR) is 137 cm³/mol. The second-order valence-corrected chi connectivity index (χ2v) is 11.0. The number of H-pyrrole nitrogens is 1. The van der Waals surface area contributed by atoms with Crippen LogP contribution in [0.25, 0.3) is 10.9 Å². The van der Waals surface area contributed by atoms with Gasteiger partial charge < -0.3 is 19.9 Å². The first-order chi connectivity index (χ1) is 16.7. The van der Waals surface area contributed by atoms with E-state index in [1.165, 1.54) is 7.11 Å². The minimum absolute atomic E-state index is 0.0505. The van der Waals surface area contributed by atoms with Gasteiger partial charge in [0, 0.05) is 30.1 Å². The van der Waals surface area contributed by atoms with E-state index in [2.05, 4.69) is 15.4 Å². The number of carbonyl (C=O) groups is 2. The van der Waals surface area contributed by atoms with E-state index in [1.807, 2.05) is 56.3 Å². The number of amides is 1. The summed E-state index contributed by atoms with van der Waals surface area (Å²) in [5, 5.41) is 6.36. The van der Waals surface area contributed by atoms with Gasteiger partial charge in [0.2, 0.25) is 5.91 Å². The zero-order chi connectivity index (χ0) is 25.4.